The molecule has 0 unspecified atom stereocenters. The van der Waals surface area contributed by atoms with Crippen molar-refractivity contribution in [2.24, 2.45) is 0 Å². The molecule has 0 aliphatic rings. The van der Waals surface area contributed by atoms with Crippen LogP contribution in [0, 0.1) is 11.3 Å². The number of carbonyl (C=O) groups is 1. The fourth-order valence-corrected chi connectivity index (χ4v) is 2.28. The highest BCUT2D eigenvalue weighted by molar-refractivity contribution is 9.10. The lowest BCUT2D eigenvalue weighted by Gasteiger charge is -2.09. The zero-order chi connectivity index (χ0) is 15.4. The van der Waals surface area contributed by atoms with E-state index in [2.05, 4.69) is 21.2 Å². The molecule has 0 bridgehead atoms. The van der Waals surface area contributed by atoms with Crippen molar-refractivity contribution < 1.29 is 9.53 Å². The van der Waals surface area contributed by atoms with Gasteiger partial charge in [-0.3, -0.25) is 4.79 Å². The molecule has 6 heteroatoms. The van der Waals surface area contributed by atoms with E-state index in [0.29, 0.717) is 32.1 Å². The van der Waals surface area contributed by atoms with Crippen LogP contribution < -0.4 is 10.1 Å². The van der Waals surface area contributed by atoms with Crippen molar-refractivity contribution in [3.8, 4) is 11.8 Å². The third-order valence-corrected chi connectivity index (χ3v) is 3.78. The van der Waals surface area contributed by atoms with Gasteiger partial charge in [-0.25, -0.2) is 0 Å². The fraction of sp³-hybridized carbons (Fsp3) is 0.0667. The Labute approximate surface area is 135 Å². The third kappa shape index (κ3) is 3.54. The van der Waals surface area contributed by atoms with Gasteiger partial charge in [0.15, 0.2) is 0 Å². The second-order valence-electron chi connectivity index (χ2n) is 4.11. The van der Waals surface area contributed by atoms with E-state index >= 15 is 0 Å². The van der Waals surface area contributed by atoms with Crippen LogP contribution in [0.1, 0.15) is 15.9 Å². The van der Waals surface area contributed by atoms with Crippen LogP contribution in [-0.4, -0.2) is 13.0 Å². The van der Waals surface area contributed by atoms with E-state index in [1.54, 1.807) is 30.3 Å². The van der Waals surface area contributed by atoms with Gasteiger partial charge in [-0.05, 0) is 52.3 Å². The molecule has 106 valence electrons. The lowest BCUT2D eigenvalue weighted by atomic mass is 10.1. The number of nitrogens with one attached hydrogen (secondary N) is 1. The van der Waals surface area contributed by atoms with Gasteiger partial charge < -0.3 is 10.1 Å². The van der Waals surface area contributed by atoms with Gasteiger partial charge in [0, 0.05) is 10.2 Å². The highest BCUT2D eigenvalue weighted by atomic mass is 79.9. The zero-order valence-electron chi connectivity index (χ0n) is 11.0. The van der Waals surface area contributed by atoms with Crippen LogP contribution >= 0.6 is 27.5 Å². The van der Waals surface area contributed by atoms with E-state index in [4.69, 9.17) is 21.6 Å². The molecule has 0 spiro atoms. The van der Waals surface area contributed by atoms with Crippen LogP contribution in [0.25, 0.3) is 0 Å². The number of nitriles is 1. The summed E-state index contributed by atoms with van der Waals surface area (Å²) in [5.74, 6) is 0.268. The van der Waals surface area contributed by atoms with E-state index in [1.165, 1.54) is 13.2 Å². The number of benzene rings is 2. The lowest BCUT2D eigenvalue weighted by molar-refractivity contribution is 0.102. The SMILES string of the molecule is COc1ccc(Br)c(C(=O)Nc2ccc(Cl)c(C#N)c2)c1. The standard InChI is InChI=1S/C15H10BrClN2O2/c1-21-11-3-4-13(16)12(7-11)15(20)19-10-2-5-14(17)9(6-10)8-18/h2-7H,1H3,(H,19,20). The van der Waals surface area contributed by atoms with Crippen molar-refractivity contribution in [3.05, 3.63) is 57.0 Å². The lowest BCUT2D eigenvalue weighted by Crippen LogP contribution is -2.12. The summed E-state index contributed by atoms with van der Waals surface area (Å²) in [6, 6.07) is 11.8. The second kappa shape index (κ2) is 6.61. The van der Waals surface area contributed by atoms with Gasteiger partial charge in [-0.2, -0.15) is 5.26 Å². The summed E-state index contributed by atoms with van der Waals surface area (Å²) in [4.78, 5) is 12.3. The zero-order valence-corrected chi connectivity index (χ0v) is 13.3. The molecule has 0 heterocycles. The molecule has 4 nitrogen and oxygen atoms in total. The van der Waals surface area contributed by atoms with Crippen molar-refractivity contribution in [3.63, 3.8) is 0 Å². The number of halogens is 2. The van der Waals surface area contributed by atoms with Crippen molar-refractivity contribution in [2.75, 3.05) is 12.4 Å². The molecule has 0 atom stereocenters. The number of anilines is 1. The van der Waals surface area contributed by atoms with Gasteiger partial charge in [0.05, 0.1) is 23.3 Å². The highest BCUT2D eigenvalue weighted by Crippen LogP contribution is 2.25. The molecular weight excluding hydrogens is 356 g/mol. The molecule has 0 aliphatic carbocycles. The Morgan fingerprint density at radius 2 is 2.10 bits per heavy atom. The quantitative estimate of drug-likeness (QED) is 0.885. The molecule has 1 N–H and O–H groups in total. The molecule has 2 aromatic carbocycles. The number of ether oxygens (including phenoxy) is 1. The summed E-state index contributed by atoms with van der Waals surface area (Å²) in [7, 11) is 1.53. The van der Waals surface area contributed by atoms with Crippen LogP contribution in [0.15, 0.2) is 40.9 Å². The molecule has 0 fully saturated rings. The molecule has 0 aliphatic heterocycles. The molecule has 0 saturated heterocycles. The van der Waals surface area contributed by atoms with Gasteiger partial charge in [0.25, 0.3) is 5.91 Å². The van der Waals surface area contributed by atoms with E-state index in [-0.39, 0.29) is 5.91 Å². The van der Waals surface area contributed by atoms with Gasteiger partial charge in [-0.1, -0.05) is 11.6 Å². The van der Waals surface area contributed by atoms with Gasteiger partial charge in [0.2, 0.25) is 0 Å². The monoisotopic (exact) mass is 364 g/mol. The fourth-order valence-electron chi connectivity index (χ4n) is 1.69. The normalized spacial score (nSPS) is 9.81. The largest absolute Gasteiger partial charge is 0.497 e. The van der Waals surface area contributed by atoms with Crippen molar-refractivity contribution in [1.29, 1.82) is 5.26 Å². The van der Waals surface area contributed by atoms with E-state index in [1.807, 2.05) is 6.07 Å². The molecule has 0 aromatic heterocycles. The first-order chi connectivity index (χ1) is 10.0. The summed E-state index contributed by atoms with van der Waals surface area (Å²) in [5.41, 5.74) is 1.23. The second-order valence-corrected chi connectivity index (χ2v) is 5.37. The number of rotatable bonds is 3. The Kier molecular flexibility index (Phi) is 4.84. The maximum absolute atomic E-state index is 12.3. The first kappa shape index (κ1) is 15.4. The van der Waals surface area contributed by atoms with Crippen molar-refractivity contribution in [1.82, 2.24) is 0 Å². The minimum atomic E-state index is -0.313. The van der Waals surface area contributed by atoms with Crippen LogP contribution in [-0.2, 0) is 0 Å². The molecule has 1 amide bonds. The highest BCUT2D eigenvalue weighted by Gasteiger charge is 2.12. The predicted octanol–water partition coefficient (Wildman–Crippen LogP) is 4.24. The summed E-state index contributed by atoms with van der Waals surface area (Å²) in [6.45, 7) is 0. The Morgan fingerprint density at radius 3 is 2.76 bits per heavy atom. The molecule has 0 radical (unpaired) electrons. The molecule has 2 rings (SSSR count). The van der Waals surface area contributed by atoms with E-state index < -0.39 is 0 Å². The number of hydrogen-bond donors (Lipinski definition) is 1. The van der Waals surface area contributed by atoms with E-state index in [0.717, 1.165) is 0 Å². The van der Waals surface area contributed by atoms with Gasteiger partial charge in [-0.15, -0.1) is 0 Å². The number of hydrogen-bond acceptors (Lipinski definition) is 3. The summed E-state index contributed by atoms with van der Waals surface area (Å²) in [5, 5.41) is 12.0. The maximum Gasteiger partial charge on any atom is 0.256 e. The molecule has 21 heavy (non-hydrogen) atoms. The number of amides is 1. The van der Waals surface area contributed by atoms with Crippen LogP contribution in [0.2, 0.25) is 5.02 Å². The summed E-state index contributed by atoms with van der Waals surface area (Å²) >= 11 is 9.18. The average molecular weight is 366 g/mol. The average Bonchev–Trinajstić information content (AvgIpc) is 2.49. The molecule has 2 aromatic rings. The smallest absolute Gasteiger partial charge is 0.256 e. The third-order valence-electron chi connectivity index (χ3n) is 2.76. The number of carbonyl (C=O) groups excluding carboxylic acids is 1. The first-order valence-electron chi connectivity index (χ1n) is 5.89. The Hall–Kier alpha value is -2.03. The van der Waals surface area contributed by atoms with Crippen LogP contribution in [0.4, 0.5) is 5.69 Å². The summed E-state index contributed by atoms with van der Waals surface area (Å²) < 4.78 is 5.75. The number of methoxy groups -OCH3 is 1. The predicted molar refractivity (Wildman–Crippen MR) is 84.8 cm³/mol. The Balaban J connectivity index is 2.28. The minimum absolute atomic E-state index is 0.305. The first-order valence-corrected chi connectivity index (χ1v) is 7.07. The van der Waals surface area contributed by atoms with Crippen molar-refractivity contribution >= 4 is 39.1 Å². The topological polar surface area (TPSA) is 62.1 Å². The van der Waals surface area contributed by atoms with E-state index in [9.17, 15) is 4.79 Å². The summed E-state index contributed by atoms with van der Waals surface area (Å²) in [6.07, 6.45) is 0. The van der Waals surface area contributed by atoms with Gasteiger partial charge in [0.1, 0.15) is 11.8 Å². The number of nitrogens with zero attached hydrogens (tertiary/aromatic N) is 1. The minimum Gasteiger partial charge on any atom is -0.497 e. The van der Waals surface area contributed by atoms with Crippen LogP contribution in [0.3, 0.4) is 0 Å². The Bertz CT molecular complexity index is 741. The maximum atomic E-state index is 12.3. The van der Waals surface area contributed by atoms with Crippen molar-refractivity contribution in [2.45, 2.75) is 0 Å². The van der Waals surface area contributed by atoms with Crippen LogP contribution in [0.5, 0.6) is 5.75 Å². The molecular formula is C15H10BrClN2O2. The van der Waals surface area contributed by atoms with Gasteiger partial charge >= 0.3 is 0 Å². The Morgan fingerprint density at radius 1 is 1.33 bits per heavy atom. The molecule has 0 saturated carbocycles.